The largest absolute Gasteiger partial charge is 0.291 e. The molecular formula is C48H30N6. The van der Waals surface area contributed by atoms with Crippen molar-refractivity contribution in [1.29, 1.82) is 0 Å². The highest BCUT2D eigenvalue weighted by Gasteiger charge is 2.25. The standard InChI is InChI=1S/C48H30N6/c1-5-17-31(18-6-1)43-44-42-36(35-25-13-15-27-38(35)54(44)47(49-43)34-23-11-4-12-24-34)29-30-40-41(42)37-26-14-16-28-39(37)53(40)48-51-45(32-19-7-2-8-20-32)50-46(52-48)33-21-9-3-10-22-33/h1-30H. The molecule has 0 aliphatic carbocycles. The van der Waals surface area contributed by atoms with Crippen LogP contribution < -0.4 is 0 Å². The molecule has 7 aromatic carbocycles. The van der Waals surface area contributed by atoms with Gasteiger partial charge in [-0.25, -0.2) is 9.97 Å². The SMILES string of the molecule is c1ccc(-c2nc(-c3ccccc3)nc(-n3c4ccccc4c4c5c(ccc43)c3ccccc3n3c(-c4ccccc4)nc(-c4ccccc4)c53)n2)cc1. The highest BCUT2D eigenvalue weighted by Crippen LogP contribution is 2.45. The molecule has 0 saturated carbocycles. The van der Waals surface area contributed by atoms with Crippen molar-refractivity contribution in [3.63, 3.8) is 0 Å². The number of benzene rings is 7. The Morgan fingerprint density at radius 3 is 1.48 bits per heavy atom. The van der Waals surface area contributed by atoms with Gasteiger partial charge in [-0.1, -0.05) is 164 Å². The van der Waals surface area contributed by atoms with Crippen LogP contribution in [0.4, 0.5) is 0 Å². The second-order valence-electron chi connectivity index (χ2n) is 13.5. The molecular weight excluding hydrogens is 661 g/mol. The monoisotopic (exact) mass is 690 g/mol. The first-order valence-corrected chi connectivity index (χ1v) is 18.1. The van der Waals surface area contributed by atoms with E-state index < -0.39 is 0 Å². The topological polar surface area (TPSA) is 60.9 Å². The van der Waals surface area contributed by atoms with Crippen molar-refractivity contribution >= 4 is 49.0 Å². The van der Waals surface area contributed by atoms with Gasteiger partial charge in [-0.2, -0.15) is 9.97 Å². The Morgan fingerprint density at radius 2 is 0.852 bits per heavy atom. The van der Waals surface area contributed by atoms with Crippen molar-refractivity contribution in [2.24, 2.45) is 0 Å². The van der Waals surface area contributed by atoms with E-state index in [1.807, 2.05) is 60.7 Å². The average molecular weight is 691 g/mol. The Balaban J connectivity index is 1.33. The van der Waals surface area contributed by atoms with Gasteiger partial charge in [0.25, 0.3) is 0 Å². The molecule has 6 nitrogen and oxygen atoms in total. The third kappa shape index (κ3) is 4.60. The van der Waals surface area contributed by atoms with Crippen LogP contribution in [0.25, 0.3) is 100 Å². The van der Waals surface area contributed by atoms with E-state index in [4.69, 9.17) is 19.9 Å². The van der Waals surface area contributed by atoms with Gasteiger partial charge in [0, 0.05) is 43.8 Å². The van der Waals surface area contributed by atoms with E-state index in [0.29, 0.717) is 17.6 Å². The highest BCUT2D eigenvalue weighted by molar-refractivity contribution is 6.31. The van der Waals surface area contributed by atoms with Gasteiger partial charge in [-0.05, 0) is 23.6 Å². The summed E-state index contributed by atoms with van der Waals surface area (Å²) in [5.41, 5.74) is 9.10. The summed E-state index contributed by atoms with van der Waals surface area (Å²) >= 11 is 0. The van der Waals surface area contributed by atoms with Gasteiger partial charge >= 0.3 is 0 Å². The van der Waals surface area contributed by atoms with E-state index in [1.165, 1.54) is 0 Å². The molecule has 0 radical (unpaired) electrons. The molecule has 252 valence electrons. The van der Waals surface area contributed by atoms with Crippen LogP contribution in [0, 0.1) is 0 Å². The fourth-order valence-electron chi connectivity index (χ4n) is 8.00. The molecule has 0 aliphatic heterocycles. The first-order chi connectivity index (χ1) is 26.8. The Kier molecular flexibility index (Phi) is 6.75. The molecule has 0 saturated heterocycles. The molecule has 0 spiro atoms. The number of aromatic nitrogens is 6. The number of para-hydroxylation sites is 2. The summed E-state index contributed by atoms with van der Waals surface area (Å²) in [4.78, 5) is 20.9. The number of fused-ring (bicyclic) bond motifs is 10. The van der Waals surface area contributed by atoms with E-state index in [9.17, 15) is 0 Å². The van der Waals surface area contributed by atoms with Crippen LogP contribution in [0.5, 0.6) is 0 Å². The van der Waals surface area contributed by atoms with Crippen molar-refractivity contribution < 1.29 is 0 Å². The Morgan fingerprint density at radius 1 is 0.333 bits per heavy atom. The van der Waals surface area contributed by atoms with E-state index in [-0.39, 0.29) is 0 Å². The van der Waals surface area contributed by atoms with Crippen LogP contribution >= 0.6 is 0 Å². The third-order valence-corrected chi connectivity index (χ3v) is 10.4. The van der Waals surface area contributed by atoms with Gasteiger partial charge in [-0.3, -0.25) is 8.97 Å². The molecule has 4 aromatic heterocycles. The van der Waals surface area contributed by atoms with Crippen LogP contribution in [-0.2, 0) is 0 Å². The van der Waals surface area contributed by atoms with Gasteiger partial charge in [0.1, 0.15) is 5.82 Å². The lowest BCUT2D eigenvalue weighted by atomic mass is 9.98. The van der Waals surface area contributed by atoms with Crippen LogP contribution in [0.2, 0.25) is 0 Å². The molecule has 0 aliphatic rings. The van der Waals surface area contributed by atoms with Crippen molar-refractivity contribution in [2.45, 2.75) is 0 Å². The van der Waals surface area contributed by atoms with Gasteiger partial charge in [0.2, 0.25) is 5.95 Å². The molecule has 0 amide bonds. The maximum atomic E-state index is 5.50. The zero-order chi connectivity index (χ0) is 35.6. The molecule has 0 fully saturated rings. The predicted octanol–water partition coefficient (Wildman–Crippen LogP) is 11.6. The van der Waals surface area contributed by atoms with Gasteiger partial charge in [-0.15, -0.1) is 0 Å². The zero-order valence-electron chi connectivity index (χ0n) is 29.0. The van der Waals surface area contributed by atoms with Crippen molar-refractivity contribution in [1.82, 2.24) is 28.9 Å². The van der Waals surface area contributed by atoms with E-state index in [1.54, 1.807) is 0 Å². The molecule has 0 N–H and O–H groups in total. The molecule has 11 rings (SSSR count). The number of hydrogen-bond acceptors (Lipinski definition) is 4. The first kappa shape index (κ1) is 30.2. The zero-order valence-corrected chi connectivity index (χ0v) is 29.0. The summed E-state index contributed by atoms with van der Waals surface area (Å²) in [6, 6.07) is 63.1. The summed E-state index contributed by atoms with van der Waals surface area (Å²) in [5.74, 6) is 2.70. The summed E-state index contributed by atoms with van der Waals surface area (Å²) < 4.78 is 4.57. The lowest BCUT2D eigenvalue weighted by molar-refractivity contribution is 0.953. The van der Waals surface area contributed by atoms with Crippen molar-refractivity contribution in [3.8, 4) is 51.4 Å². The molecule has 11 aromatic rings. The van der Waals surface area contributed by atoms with Gasteiger partial charge in [0.05, 0.1) is 27.8 Å². The molecule has 0 bridgehead atoms. The third-order valence-electron chi connectivity index (χ3n) is 10.4. The molecule has 0 unspecified atom stereocenters. The molecule has 4 heterocycles. The van der Waals surface area contributed by atoms with E-state index in [2.05, 4.69) is 130 Å². The van der Waals surface area contributed by atoms with Crippen LogP contribution in [0.3, 0.4) is 0 Å². The second kappa shape index (κ2) is 12.1. The number of imidazole rings is 1. The maximum absolute atomic E-state index is 5.50. The highest BCUT2D eigenvalue weighted by atomic mass is 15.2. The average Bonchev–Trinajstić information content (AvgIpc) is 3.82. The first-order valence-electron chi connectivity index (χ1n) is 18.1. The summed E-state index contributed by atoms with van der Waals surface area (Å²) in [7, 11) is 0. The fourth-order valence-corrected chi connectivity index (χ4v) is 8.00. The second-order valence-corrected chi connectivity index (χ2v) is 13.5. The van der Waals surface area contributed by atoms with Crippen molar-refractivity contribution in [3.05, 3.63) is 182 Å². The van der Waals surface area contributed by atoms with Gasteiger partial charge < -0.3 is 0 Å². The molecule has 54 heavy (non-hydrogen) atoms. The predicted molar refractivity (Wildman–Crippen MR) is 220 cm³/mol. The molecule has 0 atom stereocenters. The minimum atomic E-state index is 0.562. The quantitative estimate of drug-likeness (QED) is 0.169. The van der Waals surface area contributed by atoms with Crippen molar-refractivity contribution in [2.75, 3.05) is 0 Å². The smallest absolute Gasteiger partial charge is 0.238 e. The Labute approximate surface area is 310 Å². The van der Waals surface area contributed by atoms with E-state index >= 15 is 0 Å². The number of hydrogen-bond donors (Lipinski definition) is 0. The number of pyridine rings is 1. The van der Waals surface area contributed by atoms with E-state index in [0.717, 1.165) is 82.8 Å². The van der Waals surface area contributed by atoms with Crippen LogP contribution in [0.1, 0.15) is 0 Å². The normalized spacial score (nSPS) is 11.7. The minimum Gasteiger partial charge on any atom is -0.291 e. The Bertz CT molecular complexity index is 3130. The summed E-state index contributed by atoms with van der Waals surface area (Å²) in [5, 5.41) is 5.69. The lowest BCUT2D eigenvalue weighted by Gasteiger charge is -2.14. The Hall–Kier alpha value is -7.44. The number of rotatable bonds is 5. The number of nitrogens with zero attached hydrogens (tertiary/aromatic N) is 6. The lowest BCUT2D eigenvalue weighted by Crippen LogP contribution is -2.06. The van der Waals surface area contributed by atoms with Crippen LogP contribution in [0.15, 0.2) is 182 Å². The fraction of sp³-hybridized carbons (Fsp3) is 0. The van der Waals surface area contributed by atoms with Crippen LogP contribution in [-0.4, -0.2) is 28.9 Å². The minimum absolute atomic E-state index is 0.562. The molecule has 6 heteroatoms. The summed E-state index contributed by atoms with van der Waals surface area (Å²) in [6.07, 6.45) is 0. The van der Waals surface area contributed by atoms with Gasteiger partial charge in [0.15, 0.2) is 11.6 Å². The summed E-state index contributed by atoms with van der Waals surface area (Å²) in [6.45, 7) is 0. The maximum Gasteiger partial charge on any atom is 0.238 e.